The fraction of sp³-hybridized carbons (Fsp3) is 1.00. The standard InChI is InChI=1S/C5H11BFNO2/c6-5-3(7)4(8)2(1-9)10-5/h2-5,9H,1,6,8H2/t2-,3-,4-,5-/m1/s1. The van der Waals surface area contributed by atoms with Crippen molar-refractivity contribution in [2.75, 3.05) is 6.61 Å². The minimum Gasteiger partial charge on any atom is -0.394 e. The Morgan fingerprint density at radius 3 is 2.50 bits per heavy atom. The molecule has 0 bridgehead atoms. The molecule has 0 saturated carbocycles. The van der Waals surface area contributed by atoms with Gasteiger partial charge in [-0.2, -0.15) is 0 Å². The van der Waals surface area contributed by atoms with Crippen LogP contribution >= 0.6 is 0 Å². The van der Waals surface area contributed by atoms with Crippen molar-refractivity contribution in [2.45, 2.75) is 24.3 Å². The minimum atomic E-state index is -1.14. The summed E-state index contributed by atoms with van der Waals surface area (Å²) < 4.78 is 17.8. The van der Waals surface area contributed by atoms with Crippen LogP contribution in [0, 0.1) is 0 Å². The molecule has 1 fully saturated rings. The van der Waals surface area contributed by atoms with Crippen LogP contribution in [0.3, 0.4) is 0 Å². The van der Waals surface area contributed by atoms with Gasteiger partial charge in [-0.05, 0) is 0 Å². The van der Waals surface area contributed by atoms with Gasteiger partial charge >= 0.3 is 0 Å². The van der Waals surface area contributed by atoms with Gasteiger partial charge in [0.2, 0.25) is 0 Å². The molecule has 3 N–H and O–H groups in total. The monoisotopic (exact) mass is 147 g/mol. The number of hydrogen-bond acceptors (Lipinski definition) is 3. The van der Waals surface area contributed by atoms with E-state index in [9.17, 15) is 4.39 Å². The quantitative estimate of drug-likeness (QED) is 0.422. The van der Waals surface area contributed by atoms with Crippen molar-refractivity contribution in [1.82, 2.24) is 0 Å². The van der Waals surface area contributed by atoms with E-state index >= 15 is 0 Å². The number of aliphatic hydroxyl groups is 1. The highest BCUT2D eigenvalue weighted by Crippen LogP contribution is 2.19. The van der Waals surface area contributed by atoms with E-state index in [1.165, 1.54) is 0 Å². The predicted molar refractivity (Wildman–Crippen MR) is 37.2 cm³/mol. The van der Waals surface area contributed by atoms with Crippen LogP contribution in [0.1, 0.15) is 0 Å². The number of alkyl halides is 1. The van der Waals surface area contributed by atoms with E-state index in [1.54, 1.807) is 7.85 Å². The predicted octanol–water partition coefficient (Wildman–Crippen LogP) is -2.00. The van der Waals surface area contributed by atoms with Gasteiger partial charge in [0.05, 0.1) is 24.8 Å². The highest BCUT2D eigenvalue weighted by molar-refractivity contribution is 6.11. The van der Waals surface area contributed by atoms with Gasteiger partial charge in [0, 0.05) is 0 Å². The largest absolute Gasteiger partial charge is 0.394 e. The van der Waals surface area contributed by atoms with E-state index in [4.69, 9.17) is 15.6 Å². The Labute approximate surface area is 59.8 Å². The summed E-state index contributed by atoms with van der Waals surface area (Å²) in [5, 5.41) is 8.60. The highest BCUT2D eigenvalue weighted by Gasteiger charge is 2.39. The fourth-order valence-electron chi connectivity index (χ4n) is 1.12. The average Bonchev–Trinajstić information content (AvgIpc) is 2.17. The Morgan fingerprint density at radius 2 is 2.30 bits per heavy atom. The molecule has 5 heteroatoms. The molecule has 0 aromatic rings. The topological polar surface area (TPSA) is 55.5 Å². The van der Waals surface area contributed by atoms with Crippen LogP contribution in [0.15, 0.2) is 0 Å². The minimum absolute atomic E-state index is 0.202. The molecule has 1 aliphatic heterocycles. The first kappa shape index (κ1) is 7.98. The van der Waals surface area contributed by atoms with Crippen molar-refractivity contribution >= 4 is 7.85 Å². The van der Waals surface area contributed by atoms with Crippen molar-refractivity contribution in [2.24, 2.45) is 5.73 Å². The summed E-state index contributed by atoms with van der Waals surface area (Å²) in [7, 11) is 1.61. The lowest BCUT2D eigenvalue weighted by molar-refractivity contribution is 0.0344. The van der Waals surface area contributed by atoms with Crippen molar-refractivity contribution in [3.05, 3.63) is 0 Å². The summed E-state index contributed by atoms with van der Waals surface area (Å²) in [5.41, 5.74) is 5.36. The molecular formula is C5H11BFNO2. The molecule has 1 saturated heterocycles. The smallest absolute Gasteiger partial charge is 0.143 e. The Balaban J connectivity index is 2.53. The number of nitrogens with two attached hydrogens (primary N) is 1. The fourth-order valence-corrected chi connectivity index (χ4v) is 1.12. The van der Waals surface area contributed by atoms with Crippen LogP contribution in [-0.4, -0.2) is 43.9 Å². The first-order valence-corrected chi connectivity index (χ1v) is 3.32. The van der Waals surface area contributed by atoms with Gasteiger partial charge in [-0.3, -0.25) is 0 Å². The van der Waals surface area contributed by atoms with Gasteiger partial charge in [0.15, 0.2) is 0 Å². The maximum Gasteiger partial charge on any atom is 0.143 e. The summed E-state index contributed by atoms with van der Waals surface area (Å²) in [6.45, 7) is -0.202. The Bertz CT molecular complexity index is 126. The molecule has 0 spiro atoms. The average molecular weight is 147 g/mol. The zero-order valence-electron chi connectivity index (χ0n) is 5.83. The first-order valence-electron chi connectivity index (χ1n) is 3.32. The van der Waals surface area contributed by atoms with E-state index < -0.39 is 24.3 Å². The summed E-state index contributed by atoms with van der Waals surface area (Å²) in [6, 6.07) is -1.15. The number of ether oxygens (including phenoxy) is 1. The third kappa shape index (κ3) is 1.16. The zero-order chi connectivity index (χ0) is 7.72. The second kappa shape index (κ2) is 2.86. The Hall–Kier alpha value is -0.125. The lowest BCUT2D eigenvalue weighted by Crippen LogP contribution is -2.39. The maximum atomic E-state index is 12.8. The number of hydrogen-bond donors (Lipinski definition) is 2. The van der Waals surface area contributed by atoms with E-state index in [2.05, 4.69) is 0 Å². The summed E-state index contributed by atoms with van der Waals surface area (Å²) >= 11 is 0. The molecule has 58 valence electrons. The van der Waals surface area contributed by atoms with Crippen LogP contribution in [-0.2, 0) is 4.74 Å². The van der Waals surface area contributed by atoms with E-state index in [0.717, 1.165) is 0 Å². The summed E-state index contributed by atoms with van der Waals surface area (Å²) in [4.78, 5) is 0. The van der Waals surface area contributed by atoms with Crippen LogP contribution in [0.2, 0.25) is 0 Å². The SMILES string of the molecule is B[C@@H]1O[C@H](CO)[C@@H](N)[C@H]1F. The van der Waals surface area contributed by atoms with Crippen molar-refractivity contribution in [1.29, 1.82) is 0 Å². The zero-order valence-corrected chi connectivity index (χ0v) is 5.83. The molecule has 3 nitrogen and oxygen atoms in total. The number of halogens is 1. The molecule has 0 amide bonds. The van der Waals surface area contributed by atoms with Gasteiger partial charge in [0.25, 0.3) is 0 Å². The van der Waals surface area contributed by atoms with Gasteiger partial charge in [-0.1, -0.05) is 0 Å². The molecule has 0 radical (unpaired) electrons. The molecule has 1 aliphatic rings. The van der Waals surface area contributed by atoms with Gasteiger partial charge in [0.1, 0.15) is 14.0 Å². The maximum absolute atomic E-state index is 12.8. The third-order valence-electron chi connectivity index (χ3n) is 1.81. The van der Waals surface area contributed by atoms with E-state index in [-0.39, 0.29) is 6.61 Å². The molecule has 0 aliphatic carbocycles. The van der Waals surface area contributed by atoms with Crippen molar-refractivity contribution in [3.63, 3.8) is 0 Å². The molecule has 1 heterocycles. The van der Waals surface area contributed by atoms with E-state index in [1.807, 2.05) is 0 Å². The van der Waals surface area contributed by atoms with Crippen LogP contribution in [0.4, 0.5) is 4.39 Å². The lowest BCUT2D eigenvalue weighted by Gasteiger charge is -2.10. The number of rotatable bonds is 1. The normalized spacial score (nSPS) is 47.9. The van der Waals surface area contributed by atoms with Gasteiger partial charge < -0.3 is 15.6 Å². The molecule has 10 heavy (non-hydrogen) atoms. The molecule has 1 rings (SSSR count). The first-order chi connectivity index (χ1) is 4.66. The van der Waals surface area contributed by atoms with E-state index in [0.29, 0.717) is 0 Å². The van der Waals surface area contributed by atoms with Crippen LogP contribution in [0.5, 0.6) is 0 Å². The highest BCUT2D eigenvalue weighted by atomic mass is 19.1. The number of aliphatic hydroxyl groups excluding tert-OH is 1. The second-order valence-corrected chi connectivity index (χ2v) is 2.58. The molecule has 4 atom stereocenters. The third-order valence-corrected chi connectivity index (χ3v) is 1.81. The Kier molecular flexibility index (Phi) is 2.28. The molecule has 0 aromatic heterocycles. The summed E-state index contributed by atoms with van der Waals surface area (Å²) in [5.74, 6) is 0. The molecular weight excluding hydrogens is 136 g/mol. The van der Waals surface area contributed by atoms with Crippen LogP contribution in [0.25, 0.3) is 0 Å². The van der Waals surface area contributed by atoms with Gasteiger partial charge in [-0.25, -0.2) is 4.39 Å². The van der Waals surface area contributed by atoms with Crippen LogP contribution < -0.4 is 5.73 Å². The summed E-state index contributed by atoms with van der Waals surface area (Å²) in [6.07, 6.45) is -1.66. The molecule has 0 unspecified atom stereocenters. The lowest BCUT2D eigenvalue weighted by atomic mass is 9.93. The van der Waals surface area contributed by atoms with Crippen molar-refractivity contribution < 1.29 is 14.2 Å². The van der Waals surface area contributed by atoms with Gasteiger partial charge in [-0.15, -0.1) is 0 Å². The second-order valence-electron chi connectivity index (χ2n) is 2.58. The molecule has 0 aromatic carbocycles. The van der Waals surface area contributed by atoms with Crippen molar-refractivity contribution in [3.8, 4) is 0 Å². The Morgan fingerprint density at radius 1 is 1.70 bits per heavy atom.